The Hall–Kier alpha value is -2.66. The Kier molecular flexibility index (Phi) is 4.91. The van der Waals surface area contributed by atoms with E-state index in [1.165, 1.54) is 0 Å². The van der Waals surface area contributed by atoms with E-state index < -0.39 is 0 Å². The van der Waals surface area contributed by atoms with Crippen LogP contribution in [0.25, 0.3) is 11.4 Å². The minimum atomic E-state index is -0.00700. The molecule has 3 aromatic rings. The van der Waals surface area contributed by atoms with Crippen molar-refractivity contribution in [1.29, 1.82) is 0 Å². The number of likely N-dealkylation sites (N-methyl/N-ethyl adjacent to an activating group) is 1. The number of halogens is 1. The highest BCUT2D eigenvalue weighted by Crippen LogP contribution is 2.19. The van der Waals surface area contributed by atoms with Gasteiger partial charge in [0.1, 0.15) is 0 Å². The van der Waals surface area contributed by atoms with Crippen LogP contribution in [0.5, 0.6) is 0 Å². The SMILES string of the molecule is CN(Cc1nc(-c2ccc(Cl)cc2)no1)C(=O)Cc1ccccc1. The van der Waals surface area contributed by atoms with Crippen molar-refractivity contribution in [2.45, 2.75) is 13.0 Å². The van der Waals surface area contributed by atoms with E-state index in [-0.39, 0.29) is 12.5 Å². The molecule has 5 nitrogen and oxygen atoms in total. The van der Waals surface area contributed by atoms with Crippen molar-refractivity contribution in [3.05, 3.63) is 71.1 Å². The summed E-state index contributed by atoms with van der Waals surface area (Å²) in [6, 6.07) is 16.8. The van der Waals surface area contributed by atoms with Gasteiger partial charge in [-0.1, -0.05) is 47.1 Å². The summed E-state index contributed by atoms with van der Waals surface area (Å²) < 4.78 is 5.23. The molecule has 24 heavy (non-hydrogen) atoms. The number of aromatic nitrogens is 2. The summed E-state index contributed by atoms with van der Waals surface area (Å²) in [5, 5.41) is 4.59. The summed E-state index contributed by atoms with van der Waals surface area (Å²) in [7, 11) is 1.72. The van der Waals surface area contributed by atoms with Crippen molar-refractivity contribution in [3.8, 4) is 11.4 Å². The van der Waals surface area contributed by atoms with Crippen LogP contribution in [0.3, 0.4) is 0 Å². The largest absolute Gasteiger partial charge is 0.337 e. The third-order valence-corrected chi connectivity index (χ3v) is 3.82. The van der Waals surface area contributed by atoms with E-state index in [9.17, 15) is 4.79 Å². The molecule has 3 rings (SSSR count). The van der Waals surface area contributed by atoms with Crippen LogP contribution in [0, 0.1) is 0 Å². The molecule has 1 amide bonds. The zero-order chi connectivity index (χ0) is 16.9. The highest BCUT2D eigenvalue weighted by molar-refractivity contribution is 6.30. The van der Waals surface area contributed by atoms with Crippen LogP contribution >= 0.6 is 11.6 Å². The molecule has 0 atom stereocenters. The lowest BCUT2D eigenvalue weighted by atomic mass is 10.1. The lowest BCUT2D eigenvalue weighted by molar-refractivity contribution is -0.130. The van der Waals surface area contributed by atoms with E-state index in [0.29, 0.717) is 23.2 Å². The number of hydrogen-bond acceptors (Lipinski definition) is 4. The Labute approximate surface area is 144 Å². The molecule has 0 spiro atoms. The fraction of sp³-hybridized carbons (Fsp3) is 0.167. The van der Waals surface area contributed by atoms with Crippen LogP contribution in [0.15, 0.2) is 59.1 Å². The van der Waals surface area contributed by atoms with Gasteiger partial charge in [0.15, 0.2) is 0 Å². The first-order valence-electron chi connectivity index (χ1n) is 7.48. The summed E-state index contributed by atoms with van der Waals surface area (Å²) in [5.74, 6) is 0.863. The van der Waals surface area contributed by atoms with Crippen LogP contribution in [0.2, 0.25) is 5.02 Å². The van der Waals surface area contributed by atoms with Crippen LogP contribution in [0.4, 0.5) is 0 Å². The molecule has 0 saturated heterocycles. The smallest absolute Gasteiger partial charge is 0.246 e. The average molecular weight is 342 g/mol. The van der Waals surface area contributed by atoms with Gasteiger partial charge in [0.25, 0.3) is 0 Å². The maximum absolute atomic E-state index is 12.3. The van der Waals surface area contributed by atoms with E-state index in [0.717, 1.165) is 11.1 Å². The monoisotopic (exact) mass is 341 g/mol. The van der Waals surface area contributed by atoms with E-state index in [1.807, 2.05) is 42.5 Å². The lowest BCUT2D eigenvalue weighted by Crippen LogP contribution is -2.27. The zero-order valence-corrected chi connectivity index (χ0v) is 13.9. The molecule has 2 aromatic carbocycles. The molecule has 0 N–H and O–H groups in total. The minimum absolute atomic E-state index is 0.00700. The van der Waals surface area contributed by atoms with E-state index >= 15 is 0 Å². The first-order chi connectivity index (χ1) is 11.6. The topological polar surface area (TPSA) is 59.2 Å². The summed E-state index contributed by atoms with van der Waals surface area (Å²) in [5.41, 5.74) is 1.79. The van der Waals surface area contributed by atoms with Gasteiger partial charge in [-0.2, -0.15) is 4.98 Å². The number of rotatable bonds is 5. The molecule has 1 heterocycles. The highest BCUT2D eigenvalue weighted by Gasteiger charge is 2.15. The first kappa shape index (κ1) is 16.2. The minimum Gasteiger partial charge on any atom is -0.337 e. The summed E-state index contributed by atoms with van der Waals surface area (Å²) in [6.07, 6.45) is 0.343. The third kappa shape index (κ3) is 4.00. The van der Waals surface area contributed by atoms with Crippen LogP contribution in [-0.2, 0) is 17.8 Å². The van der Waals surface area contributed by atoms with Crippen molar-refractivity contribution in [3.63, 3.8) is 0 Å². The number of benzene rings is 2. The molecule has 0 aliphatic carbocycles. The maximum Gasteiger partial charge on any atom is 0.246 e. The molecule has 1 aromatic heterocycles. The maximum atomic E-state index is 12.3. The van der Waals surface area contributed by atoms with Crippen molar-refractivity contribution < 1.29 is 9.32 Å². The molecule has 0 bridgehead atoms. The van der Waals surface area contributed by atoms with E-state index in [1.54, 1.807) is 24.1 Å². The molecule has 122 valence electrons. The highest BCUT2D eigenvalue weighted by atomic mass is 35.5. The van der Waals surface area contributed by atoms with Crippen molar-refractivity contribution >= 4 is 17.5 Å². The van der Waals surface area contributed by atoms with Crippen molar-refractivity contribution in [1.82, 2.24) is 15.0 Å². The van der Waals surface area contributed by atoms with Gasteiger partial charge in [-0.25, -0.2) is 0 Å². The number of carbonyl (C=O) groups excluding carboxylic acids is 1. The molecule has 6 heteroatoms. The van der Waals surface area contributed by atoms with Crippen molar-refractivity contribution in [2.24, 2.45) is 0 Å². The Morgan fingerprint density at radius 1 is 1.12 bits per heavy atom. The molecule has 0 unspecified atom stereocenters. The predicted molar refractivity (Wildman–Crippen MR) is 91.4 cm³/mol. The molecule has 0 radical (unpaired) electrons. The molecular formula is C18H16ClN3O2. The Morgan fingerprint density at radius 3 is 2.54 bits per heavy atom. The number of nitrogens with zero attached hydrogens (tertiary/aromatic N) is 3. The second kappa shape index (κ2) is 7.27. The zero-order valence-electron chi connectivity index (χ0n) is 13.1. The fourth-order valence-electron chi connectivity index (χ4n) is 2.23. The normalized spacial score (nSPS) is 10.6. The van der Waals surface area contributed by atoms with Gasteiger partial charge in [0, 0.05) is 17.6 Å². The fourth-order valence-corrected chi connectivity index (χ4v) is 2.36. The molecule has 0 fully saturated rings. The van der Waals surface area contributed by atoms with E-state index in [4.69, 9.17) is 16.1 Å². The summed E-state index contributed by atoms with van der Waals surface area (Å²) in [6.45, 7) is 0.270. The van der Waals surface area contributed by atoms with Crippen molar-refractivity contribution in [2.75, 3.05) is 7.05 Å². The Balaban J connectivity index is 1.63. The molecule has 0 saturated carbocycles. The summed E-state index contributed by atoms with van der Waals surface area (Å²) >= 11 is 5.87. The van der Waals surface area contributed by atoms with Gasteiger partial charge < -0.3 is 9.42 Å². The number of carbonyl (C=O) groups is 1. The quantitative estimate of drug-likeness (QED) is 0.711. The predicted octanol–water partition coefficient (Wildman–Crippen LogP) is 3.59. The molecule has 0 aliphatic heterocycles. The number of amides is 1. The second-order valence-electron chi connectivity index (χ2n) is 5.43. The third-order valence-electron chi connectivity index (χ3n) is 3.57. The van der Waals surface area contributed by atoms with Gasteiger partial charge in [-0.15, -0.1) is 0 Å². The molecular weight excluding hydrogens is 326 g/mol. The average Bonchev–Trinajstić information content (AvgIpc) is 3.05. The Bertz CT molecular complexity index is 816. The van der Waals surface area contributed by atoms with Gasteiger partial charge in [0.2, 0.25) is 17.6 Å². The van der Waals surface area contributed by atoms with Gasteiger partial charge in [-0.3, -0.25) is 4.79 Å². The van der Waals surface area contributed by atoms with Gasteiger partial charge in [-0.05, 0) is 29.8 Å². The van der Waals surface area contributed by atoms with E-state index in [2.05, 4.69) is 10.1 Å². The summed E-state index contributed by atoms with van der Waals surface area (Å²) in [4.78, 5) is 18.2. The van der Waals surface area contributed by atoms with Gasteiger partial charge >= 0.3 is 0 Å². The lowest BCUT2D eigenvalue weighted by Gasteiger charge is -2.14. The van der Waals surface area contributed by atoms with Crippen LogP contribution in [0.1, 0.15) is 11.5 Å². The first-order valence-corrected chi connectivity index (χ1v) is 7.86. The second-order valence-corrected chi connectivity index (χ2v) is 5.87. The standard InChI is InChI=1S/C18H16ClN3O2/c1-22(17(23)11-13-5-3-2-4-6-13)12-16-20-18(21-24-16)14-7-9-15(19)10-8-14/h2-10H,11-12H2,1H3. The van der Waals surface area contributed by atoms with Crippen LogP contribution in [-0.4, -0.2) is 28.0 Å². The van der Waals surface area contributed by atoms with Crippen LogP contribution < -0.4 is 0 Å². The molecule has 0 aliphatic rings. The number of hydrogen-bond donors (Lipinski definition) is 0. The Morgan fingerprint density at radius 2 is 1.83 bits per heavy atom. The van der Waals surface area contributed by atoms with Gasteiger partial charge in [0.05, 0.1) is 13.0 Å².